The Bertz CT molecular complexity index is 1360. The van der Waals surface area contributed by atoms with E-state index in [0.29, 0.717) is 41.4 Å². The first kappa shape index (κ1) is 23.9. The van der Waals surface area contributed by atoms with Crippen LogP contribution in [-0.2, 0) is 17.6 Å². The normalized spacial score (nSPS) is 27.6. The summed E-state index contributed by atoms with van der Waals surface area (Å²) < 4.78 is 36.6. The molecule has 0 aliphatic carbocycles. The highest BCUT2D eigenvalue weighted by Gasteiger charge is 2.56. The van der Waals surface area contributed by atoms with E-state index in [4.69, 9.17) is 30.2 Å². The third kappa shape index (κ3) is 3.26. The molecule has 10 nitrogen and oxygen atoms in total. The zero-order valence-corrected chi connectivity index (χ0v) is 22.2. The first-order valence-corrected chi connectivity index (χ1v) is 12.8. The number of rotatable bonds is 6. The van der Waals surface area contributed by atoms with Crippen LogP contribution in [0.1, 0.15) is 45.5 Å². The molecule has 1 saturated heterocycles. The van der Waals surface area contributed by atoms with Gasteiger partial charge in [-0.1, -0.05) is 6.07 Å². The van der Waals surface area contributed by atoms with E-state index in [-0.39, 0.29) is 44.1 Å². The summed E-state index contributed by atoms with van der Waals surface area (Å²) in [4.78, 5) is 4.42. The van der Waals surface area contributed by atoms with Crippen molar-refractivity contribution in [1.29, 1.82) is 6.69 Å². The Morgan fingerprint density at radius 1 is 1.16 bits per heavy atom. The molecule has 2 aromatic carbocycles. The van der Waals surface area contributed by atoms with Gasteiger partial charge in [-0.25, -0.2) is 0 Å². The lowest BCUT2D eigenvalue weighted by molar-refractivity contribution is -0.0832. The number of likely N-dealkylation sites (N-methyl/N-ethyl adjacent to an activating group) is 1. The van der Waals surface area contributed by atoms with Crippen LogP contribution in [0.25, 0.3) is 0 Å². The number of phenols is 1. The summed E-state index contributed by atoms with van der Waals surface area (Å²) in [6, 6.07) is 3.15. The number of nitriles is 1. The number of ether oxygens (including phenoxy) is 5. The van der Waals surface area contributed by atoms with Crippen molar-refractivity contribution in [1.82, 2.24) is 9.80 Å². The molecule has 0 amide bonds. The van der Waals surface area contributed by atoms with Crippen LogP contribution in [0.15, 0.2) is 6.07 Å². The SMILES string of the molecule is [3H]OC[C@H]1c2c(c(O)c(C)c3c2OCO3)C[C@H]2C3c4c(cc(C)c(OC)c4OCOC)CC([C@H](C#N)N12)N3C. The maximum absolute atomic E-state index is 11.4. The van der Waals surface area contributed by atoms with Crippen molar-refractivity contribution < 1.29 is 33.9 Å². The second-order valence-corrected chi connectivity index (χ2v) is 10.5. The Balaban J connectivity index is 1.60. The van der Waals surface area contributed by atoms with Gasteiger partial charge >= 0.3 is 0 Å². The maximum atomic E-state index is 11.4. The molecule has 4 aliphatic heterocycles. The molecular weight excluding hydrogens is 490 g/mol. The van der Waals surface area contributed by atoms with Gasteiger partial charge in [0.05, 0.1) is 31.9 Å². The molecule has 2 bridgehead atoms. The molecule has 0 saturated carbocycles. The van der Waals surface area contributed by atoms with Gasteiger partial charge in [-0.15, -0.1) is 0 Å². The van der Waals surface area contributed by atoms with Crippen molar-refractivity contribution >= 4 is 0 Å². The van der Waals surface area contributed by atoms with E-state index in [9.17, 15) is 10.4 Å². The van der Waals surface area contributed by atoms with Gasteiger partial charge in [-0.3, -0.25) is 9.80 Å². The fraction of sp³-hybridized carbons (Fsp3) is 0.536. The largest absolute Gasteiger partial charge is 0.507 e. The fourth-order valence-electron chi connectivity index (χ4n) is 7.24. The molecule has 38 heavy (non-hydrogen) atoms. The number of aromatic hydroxyl groups is 1. The van der Waals surface area contributed by atoms with E-state index in [1.165, 1.54) is 0 Å². The molecule has 6 rings (SSSR count). The molecule has 202 valence electrons. The number of phenolic OH excluding ortho intramolecular Hbond substituents is 1. The number of aliphatic hydroxyl groups is 1. The van der Waals surface area contributed by atoms with Crippen LogP contribution in [0, 0.1) is 25.2 Å². The molecule has 2 aromatic rings. The van der Waals surface area contributed by atoms with Crippen molar-refractivity contribution in [3.63, 3.8) is 0 Å². The minimum atomic E-state index is -0.501. The molecule has 2 N–H and O–H groups in total. The fourth-order valence-corrected chi connectivity index (χ4v) is 7.24. The number of methoxy groups -OCH3 is 2. The molecule has 4 aliphatic rings. The maximum Gasteiger partial charge on any atom is 0.231 e. The quantitative estimate of drug-likeness (QED) is 0.545. The number of hydrogen-bond acceptors (Lipinski definition) is 10. The monoisotopic (exact) mass is 525 g/mol. The Labute approximate surface area is 223 Å². The molecular formula is C28H33N3O7. The van der Waals surface area contributed by atoms with Crippen LogP contribution in [0.4, 0.5) is 0 Å². The Hall–Kier alpha value is -3.23. The molecule has 0 aromatic heterocycles. The van der Waals surface area contributed by atoms with Gasteiger partial charge < -0.3 is 33.9 Å². The Morgan fingerprint density at radius 3 is 2.66 bits per heavy atom. The lowest BCUT2D eigenvalue weighted by Gasteiger charge is -2.59. The van der Waals surface area contributed by atoms with Gasteiger partial charge in [0, 0.05) is 41.4 Å². The van der Waals surface area contributed by atoms with Crippen LogP contribution in [0.3, 0.4) is 0 Å². The first-order valence-electron chi connectivity index (χ1n) is 13.2. The third-order valence-corrected chi connectivity index (χ3v) is 8.75. The molecule has 4 heterocycles. The number of benzene rings is 2. The smallest absolute Gasteiger partial charge is 0.231 e. The van der Waals surface area contributed by atoms with Gasteiger partial charge in [0.1, 0.15) is 11.8 Å². The van der Waals surface area contributed by atoms with E-state index >= 15 is 0 Å². The van der Waals surface area contributed by atoms with E-state index in [1.807, 2.05) is 20.9 Å². The average Bonchev–Trinajstić information content (AvgIpc) is 3.41. The van der Waals surface area contributed by atoms with E-state index in [0.717, 1.165) is 27.8 Å². The zero-order valence-electron chi connectivity index (χ0n) is 23.2. The van der Waals surface area contributed by atoms with Crippen molar-refractivity contribution in [2.24, 2.45) is 0 Å². The highest BCUT2D eigenvalue weighted by Crippen LogP contribution is 2.58. The summed E-state index contributed by atoms with van der Waals surface area (Å²) >= 11 is 0. The standard InChI is InChI=1S/C28H33N3O7/c1-13-6-15-7-17-19(9-29)31-18(23(30(17)3)21(15)27(25(13)35-5)36-11-34-4)8-16-22(20(31)10-32)28-26(37-12-38-28)14(2)24(16)33/h6,17-20,23,32-33H,7-8,10-12H2,1-5H3/t17?,18-,19-,20-,23?/m0/s1/i32T. The number of piperazine rings is 1. The summed E-state index contributed by atoms with van der Waals surface area (Å²) in [6.45, 7) is 3.91. The van der Waals surface area contributed by atoms with Crippen LogP contribution < -0.4 is 18.9 Å². The van der Waals surface area contributed by atoms with Crippen molar-refractivity contribution in [2.75, 3.05) is 41.5 Å². The van der Waals surface area contributed by atoms with E-state index < -0.39 is 12.1 Å². The third-order valence-electron chi connectivity index (χ3n) is 8.75. The van der Waals surface area contributed by atoms with Crippen LogP contribution in [-0.4, -0.2) is 81.0 Å². The van der Waals surface area contributed by atoms with Gasteiger partial charge in [0.25, 0.3) is 0 Å². The zero-order chi connectivity index (χ0) is 27.6. The number of fused-ring (bicyclic) bond motifs is 9. The van der Waals surface area contributed by atoms with Gasteiger partial charge in [0.15, 0.2) is 29.8 Å². The second kappa shape index (κ2) is 9.20. The lowest BCUT2D eigenvalue weighted by Crippen LogP contribution is -2.68. The number of nitrogens with zero attached hydrogens (tertiary/aromatic N) is 3. The second-order valence-electron chi connectivity index (χ2n) is 10.5. The summed E-state index contributed by atoms with van der Waals surface area (Å²) in [7, 11) is 5.25. The summed E-state index contributed by atoms with van der Waals surface area (Å²) in [5.74, 6) is 2.49. The first-order chi connectivity index (χ1) is 18.9. The lowest BCUT2D eigenvalue weighted by atomic mass is 9.71. The molecule has 1 fully saturated rings. The Morgan fingerprint density at radius 2 is 1.95 bits per heavy atom. The average molecular weight is 526 g/mol. The van der Waals surface area contributed by atoms with Gasteiger partial charge in [-0.2, -0.15) is 5.26 Å². The van der Waals surface area contributed by atoms with E-state index in [1.54, 1.807) is 14.2 Å². The molecule has 0 spiro atoms. The van der Waals surface area contributed by atoms with Crippen molar-refractivity contribution in [3.05, 3.63) is 39.4 Å². The van der Waals surface area contributed by atoms with Gasteiger partial charge in [0.2, 0.25) is 8.22 Å². The number of aliphatic hydroxyl groups excluding tert-OH is 1. The van der Waals surface area contributed by atoms with Crippen LogP contribution in [0.5, 0.6) is 28.7 Å². The molecule has 5 atom stereocenters. The predicted octanol–water partition coefficient (Wildman–Crippen LogP) is 2.49. The van der Waals surface area contributed by atoms with Crippen molar-refractivity contribution in [3.8, 4) is 34.8 Å². The summed E-state index contributed by atoms with van der Waals surface area (Å²) in [5.41, 5.74) is 5.13. The minimum absolute atomic E-state index is 0.000241. The van der Waals surface area contributed by atoms with E-state index in [2.05, 4.69) is 21.9 Å². The summed E-state index contributed by atoms with van der Waals surface area (Å²) in [6.07, 6.45) is 1.09. The highest BCUT2D eigenvalue weighted by atomic mass is 16.7. The molecule has 10 heteroatoms. The van der Waals surface area contributed by atoms with Crippen LogP contribution in [0.2, 0.25) is 0 Å². The number of hydrogen-bond donors (Lipinski definition) is 2. The van der Waals surface area contributed by atoms with Crippen LogP contribution >= 0.6 is 0 Å². The minimum Gasteiger partial charge on any atom is -0.507 e. The topological polar surface area (TPSA) is 117 Å². The van der Waals surface area contributed by atoms with Crippen molar-refractivity contribution in [2.45, 2.75) is 56.9 Å². The predicted molar refractivity (Wildman–Crippen MR) is 136 cm³/mol. The summed E-state index contributed by atoms with van der Waals surface area (Å²) in [5, 5.41) is 27.0. The molecule has 2 unspecified atom stereocenters. The Kier molecular flexibility index (Phi) is 5.78. The number of aryl methyl sites for hydroxylation is 1. The highest BCUT2D eigenvalue weighted by molar-refractivity contribution is 5.66. The molecule has 0 radical (unpaired) electrons. The van der Waals surface area contributed by atoms with Gasteiger partial charge in [-0.05, 0) is 44.9 Å².